The first-order chi connectivity index (χ1) is 18.5. The highest BCUT2D eigenvalue weighted by molar-refractivity contribution is 7.90. The molecule has 5 rings (SSSR count). The van der Waals surface area contributed by atoms with Crippen molar-refractivity contribution in [3.63, 3.8) is 0 Å². The zero-order valence-corrected chi connectivity index (χ0v) is 23.2. The third kappa shape index (κ3) is 5.21. The fourth-order valence-corrected chi connectivity index (χ4v) is 5.37. The molecule has 0 spiro atoms. The summed E-state index contributed by atoms with van der Waals surface area (Å²) in [6.45, 7) is 10.3. The Kier molecular flexibility index (Phi) is 6.84. The van der Waals surface area contributed by atoms with Crippen LogP contribution in [0, 0.1) is 6.92 Å². The molecule has 14 heteroatoms. The average Bonchev–Trinajstić information content (AvgIpc) is 3.43. The van der Waals surface area contributed by atoms with E-state index < -0.39 is 27.0 Å². The molecule has 0 radical (unpaired) electrons. The van der Waals surface area contributed by atoms with E-state index in [1.807, 2.05) is 6.92 Å². The number of nitrogens with zero attached hydrogens (tertiary/aromatic N) is 8. The van der Waals surface area contributed by atoms with Crippen LogP contribution in [0.4, 0.5) is 16.4 Å². The van der Waals surface area contributed by atoms with Gasteiger partial charge in [-0.3, -0.25) is 0 Å². The van der Waals surface area contributed by atoms with Crippen LogP contribution in [-0.2, 0) is 26.0 Å². The number of anilines is 2. The highest BCUT2D eigenvalue weighted by Crippen LogP contribution is 2.29. The number of ether oxygens (including phenoxy) is 2. The Labute approximate surface area is 225 Å². The van der Waals surface area contributed by atoms with Crippen LogP contribution in [0.3, 0.4) is 0 Å². The lowest BCUT2D eigenvalue weighted by Gasteiger charge is -2.26. The van der Waals surface area contributed by atoms with Gasteiger partial charge < -0.3 is 14.0 Å². The molecule has 0 aliphatic carbocycles. The van der Waals surface area contributed by atoms with Gasteiger partial charge in [-0.2, -0.15) is 9.19 Å². The van der Waals surface area contributed by atoms with Crippen LogP contribution in [0.25, 0.3) is 22.4 Å². The van der Waals surface area contributed by atoms with Crippen molar-refractivity contribution in [2.24, 2.45) is 0 Å². The largest absolute Gasteiger partial charge is 0.443 e. The van der Waals surface area contributed by atoms with Crippen molar-refractivity contribution < 1.29 is 22.7 Å². The van der Waals surface area contributed by atoms with Crippen molar-refractivity contribution in [3.8, 4) is 11.4 Å². The predicted molar refractivity (Wildman–Crippen MR) is 143 cm³/mol. The third-order valence-electron chi connectivity index (χ3n) is 6.04. The fourth-order valence-electron chi connectivity index (χ4n) is 4.09. The standard InChI is InChI=1S/C25H30N8O5S/c1-6-9-31-16(2)29-19-12-27-22(10-20(19)31)33(24(34)38-25(3,4)5)21-7-8-26-23(30-21)17-11-28-32(13-17)39(35,36)18-14-37-15-18/h7-8,10-13,18H,6,9,14-15H2,1-5H3. The Morgan fingerprint density at radius 1 is 1.18 bits per heavy atom. The summed E-state index contributed by atoms with van der Waals surface area (Å²) in [7, 11) is -3.70. The van der Waals surface area contributed by atoms with E-state index in [-0.39, 0.29) is 24.9 Å². The smallest absolute Gasteiger partial charge is 0.421 e. The summed E-state index contributed by atoms with van der Waals surface area (Å²) in [6.07, 6.45) is 6.03. The van der Waals surface area contributed by atoms with Gasteiger partial charge in [-0.1, -0.05) is 6.92 Å². The second kappa shape index (κ2) is 10.0. The van der Waals surface area contributed by atoms with E-state index in [1.165, 1.54) is 23.5 Å². The van der Waals surface area contributed by atoms with Crippen molar-refractivity contribution in [2.45, 2.75) is 58.4 Å². The lowest BCUT2D eigenvalue weighted by molar-refractivity contribution is 0.0410. The second-order valence-corrected chi connectivity index (χ2v) is 12.3. The lowest BCUT2D eigenvalue weighted by Crippen LogP contribution is -2.43. The van der Waals surface area contributed by atoms with Crippen LogP contribution in [0.2, 0.25) is 0 Å². The molecule has 1 saturated heterocycles. The summed E-state index contributed by atoms with van der Waals surface area (Å²) in [6, 6.07) is 3.34. The molecule has 0 N–H and O–H groups in total. The van der Waals surface area contributed by atoms with Gasteiger partial charge in [0.15, 0.2) is 5.82 Å². The maximum Gasteiger partial charge on any atom is 0.421 e. The molecule has 1 aliphatic heterocycles. The van der Waals surface area contributed by atoms with E-state index in [1.54, 1.807) is 39.1 Å². The number of rotatable bonds is 7. The lowest BCUT2D eigenvalue weighted by atomic mass is 10.2. The molecule has 206 valence electrons. The number of aromatic nitrogens is 7. The summed E-state index contributed by atoms with van der Waals surface area (Å²) < 4.78 is 39.1. The normalized spacial score (nSPS) is 14.4. The van der Waals surface area contributed by atoms with E-state index in [0.29, 0.717) is 16.9 Å². The van der Waals surface area contributed by atoms with Gasteiger partial charge in [0, 0.05) is 24.9 Å². The molecule has 4 aromatic heterocycles. The monoisotopic (exact) mass is 554 g/mol. The minimum Gasteiger partial charge on any atom is -0.443 e. The van der Waals surface area contributed by atoms with Gasteiger partial charge in [0.05, 0.1) is 42.9 Å². The number of aryl methyl sites for hydroxylation is 2. The van der Waals surface area contributed by atoms with Gasteiger partial charge in [0.25, 0.3) is 10.0 Å². The Balaban J connectivity index is 1.57. The average molecular weight is 555 g/mol. The van der Waals surface area contributed by atoms with Crippen molar-refractivity contribution in [1.29, 1.82) is 0 Å². The molecule has 5 heterocycles. The van der Waals surface area contributed by atoms with Gasteiger partial charge in [-0.15, -0.1) is 0 Å². The number of carbonyl (C=O) groups is 1. The first-order valence-electron chi connectivity index (χ1n) is 12.5. The van der Waals surface area contributed by atoms with Gasteiger partial charge in [0.2, 0.25) is 0 Å². The van der Waals surface area contributed by atoms with Crippen molar-refractivity contribution in [1.82, 2.24) is 33.7 Å². The zero-order valence-electron chi connectivity index (χ0n) is 22.4. The van der Waals surface area contributed by atoms with E-state index >= 15 is 0 Å². The molecule has 0 aromatic carbocycles. The van der Waals surface area contributed by atoms with Gasteiger partial charge in [0.1, 0.15) is 33.8 Å². The van der Waals surface area contributed by atoms with Crippen LogP contribution in [0.1, 0.15) is 39.9 Å². The van der Waals surface area contributed by atoms with Crippen LogP contribution in [-0.4, -0.2) is 72.3 Å². The molecular formula is C25H30N8O5S. The van der Waals surface area contributed by atoms with Gasteiger partial charge in [-0.25, -0.2) is 38.0 Å². The number of amides is 1. The summed E-state index contributed by atoms with van der Waals surface area (Å²) >= 11 is 0. The first kappa shape index (κ1) is 26.7. The summed E-state index contributed by atoms with van der Waals surface area (Å²) in [5.74, 6) is 1.52. The van der Waals surface area contributed by atoms with Crippen LogP contribution < -0.4 is 4.90 Å². The zero-order chi connectivity index (χ0) is 27.9. The van der Waals surface area contributed by atoms with Crippen molar-refractivity contribution in [2.75, 3.05) is 18.1 Å². The highest BCUT2D eigenvalue weighted by Gasteiger charge is 2.35. The minimum absolute atomic E-state index is 0.127. The molecule has 0 atom stereocenters. The Bertz CT molecular complexity index is 1640. The molecule has 0 unspecified atom stereocenters. The SMILES string of the molecule is CCCn1c(C)nc2cnc(N(C(=O)OC(C)(C)C)c3ccnc(-c4cnn(S(=O)(=O)C5COC5)c4)n3)cc21. The Morgan fingerprint density at radius 2 is 1.95 bits per heavy atom. The van der Waals surface area contributed by atoms with E-state index in [4.69, 9.17) is 9.47 Å². The molecule has 0 bridgehead atoms. The number of hydrogen-bond acceptors (Lipinski definition) is 10. The van der Waals surface area contributed by atoms with E-state index in [2.05, 4.69) is 36.5 Å². The molecule has 13 nitrogen and oxygen atoms in total. The molecule has 0 saturated carbocycles. The molecule has 1 aliphatic rings. The topological polar surface area (TPSA) is 147 Å². The minimum atomic E-state index is -3.70. The molecule has 4 aromatic rings. The quantitative estimate of drug-likeness (QED) is 0.333. The maximum atomic E-state index is 13.5. The van der Waals surface area contributed by atoms with Gasteiger partial charge >= 0.3 is 6.09 Å². The van der Waals surface area contributed by atoms with Gasteiger partial charge in [-0.05, 0) is 34.1 Å². The number of imidazole rings is 1. The third-order valence-corrected chi connectivity index (χ3v) is 7.88. The maximum absolute atomic E-state index is 13.5. The number of fused-ring (bicyclic) bond motifs is 1. The highest BCUT2D eigenvalue weighted by atomic mass is 32.2. The number of hydrogen-bond donors (Lipinski definition) is 0. The second-order valence-electron chi connectivity index (χ2n) is 10.2. The number of carbonyl (C=O) groups excluding carboxylic acids is 1. The van der Waals surface area contributed by atoms with E-state index in [0.717, 1.165) is 28.4 Å². The van der Waals surface area contributed by atoms with E-state index in [9.17, 15) is 13.2 Å². The molecule has 1 amide bonds. The van der Waals surface area contributed by atoms with Crippen molar-refractivity contribution >= 4 is 38.8 Å². The molecule has 39 heavy (non-hydrogen) atoms. The molecular weight excluding hydrogens is 524 g/mol. The fraction of sp³-hybridized carbons (Fsp3) is 0.440. The predicted octanol–water partition coefficient (Wildman–Crippen LogP) is 3.45. The summed E-state index contributed by atoms with van der Waals surface area (Å²) in [5, 5.41) is 3.37. The van der Waals surface area contributed by atoms with Crippen LogP contribution in [0.15, 0.2) is 36.9 Å². The Hall–Kier alpha value is -3.91. The summed E-state index contributed by atoms with van der Waals surface area (Å²) in [5.41, 5.74) is 1.12. The van der Waals surface area contributed by atoms with Crippen molar-refractivity contribution in [3.05, 3.63) is 42.7 Å². The summed E-state index contributed by atoms with van der Waals surface area (Å²) in [4.78, 5) is 32.7. The van der Waals surface area contributed by atoms with Crippen LogP contribution in [0.5, 0.6) is 0 Å². The van der Waals surface area contributed by atoms with Crippen LogP contribution >= 0.6 is 0 Å². The first-order valence-corrected chi connectivity index (χ1v) is 14.0. The Morgan fingerprint density at radius 3 is 2.62 bits per heavy atom. The molecule has 1 fully saturated rings. The number of pyridine rings is 1.